The molecular weight excluding hydrogens is 372 g/mol. The summed E-state index contributed by atoms with van der Waals surface area (Å²) in [4.78, 5) is 0. The van der Waals surface area contributed by atoms with Gasteiger partial charge in [0.1, 0.15) is 0 Å². The predicted octanol–water partition coefficient (Wildman–Crippen LogP) is 5.70. The quantitative estimate of drug-likeness (QED) is 0.486. The molecule has 3 N–H and O–H groups in total. The van der Waals surface area contributed by atoms with Crippen molar-refractivity contribution >= 4 is 0 Å². The third-order valence-electron chi connectivity index (χ3n) is 8.47. The molecule has 3 nitrogen and oxygen atoms in total. The first kappa shape index (κ1) is 23.8. The Balaban J connectivity index is 1.67. The molecule has 0 aliphatic heterocycles. The minimum Gasteiger partial charge on any atom is -0.390 e. The van der Waals surface area contributed by atoms with Gasteiger partial charge in [0.15, 0.2) is 0 Å². The maximum Gasteiger partial charge on any atom is 0.0809 e. The molecule has 0 aromatic heterocycles. The number of aliphatic hydroxyl groups excluding tert-OH is 2. The molecule has 0 spiro atoms. The van der Waals surface area contributed by atoms with E-state index in [1.54, 1.807) is 5.57 Å². The fourth-order valence-electron chi connectivity index (χ4n) is 6.70. The second kappa shape index (κ2) is 9.30. The monoisotopic (exact) mass is 416 g/mol. The molecule has 0 aromatic rings. The summed E-state index contributed by atoms with van der Waals surface area (Å²) >= 11 is 0. The molecule has 3 rings (SSSR count). The van der Waals surface area contributed by atoms with Crippen LogP contribution in [0.2, 0.25) is 0 Å². The van der Waals surface area contributed by atoms with E-state index >= 15 is 0 Å². The Morgan fingerprint density at radius 3 is 2.47 bits per heavy atom. The normalized spacial score (nSPS) is 38.8. The van der Waals surface area contributed by atoms with Gasteiger partial charge in [0.05, 0.1) is 17.8 Å². The van der Waals surface area contributed by atoms with Gasteiger partial charge in [-0.05, 0) is 94.0 Å². The molecule has 3 saturated carbocycles. The summed E-state index contributed by atoms with van der Waals surface area (Å²) in [6.45, 7) is 12.6. The third kappa shape index (κ3) is 5.29. The first-order valence-corrected chi connectivity index (χ1v) is 12.2. The van der Waals surface area contributed by atoms with Crippen LogP contribution in [0, 0.1) is 23.2 Å². The molecule has 3 heteroatoms. The van der Waals surface area contributed by atoms with E-state index in [9.17, 15) is 15.3 Å². The first-order chi connectivity index (χ1) is 14.0. The number of allylic oxidation sites excluding steroid dienone is 3. The van der Waals surface area contributed by atoms with E-state index in [-0.39, 0.29) is 0 Å². The van der Waals surface area contributed by atoms with Gasteiger partial charge in [0.25, 0.3) is 0 Å². The average Bonchev–Trinajstić information content (AvgIpc) is 3.00. The van der Waals surface area contributed by atoms with Crippen molar-refractivity contribution in [3.05, 3.63) is 35.5 Å². The summed E-state index contributed by atoms with van der Waals surface area (Å²) in [5.74, 6) is 2.13. The SMILES string of the molecule is C=C1C(O)C/C(=C\C=C2/CCC[C@@]3(C)C2CC[C@@H]3[C@H](C)CCCC(C)(C)O)C[C@H]1O. The summed E-state index contributed by atoms with van der Waals surface area (Å²) in [5.41, 5.74) is 3.11. The highest BCUT2D eigenvalue weighted by Gasteiger charge is 2.50. The maximum absolute atomic E-state index is 10.1. The molecule has 30 heavy (non-hydrogen) atoms. The number of aliphatic hydroxyl groups is 3. The minimum absolute atomic E-state index is 0.386. The number of fused-ring (bicyclic) bond motifs is 1. The second-order valence-electron chi connectivity index (χ2n) is 11.4. The van der Waals surface area contributed by atoms with Crippen molar-refractivity contribution in [2.75, 3.05) is 0 Å². The fraction of sp³-hybridized carbons (Fsp3) is 0.778. The Morgan fingerprint density at radius 1 is 1.17 bits per heavy atom. The topological polar surface area (TPSA) is 60.7 Å². The van der Waals surface area contributed by atoms with E-state index in [1.165, 1.54) is 38.5 Å². The molecule has 6 atom stereocenters. The average molecular weight is 417 g/mol. The molecule has 0 heterocycles. The Labute approximate surface area is 184 Å². The Morgan fingerprint density at radius 2 is 1.83 bits per heavy atom. The van der Waals surface area contributed by atoms with E-state index in [0.717, 1.165) is 24.3 Å². The lowest BCUT2D eigenvalue weighted by Crippen LogP contribution is -2.36. The van der Waals surface area contributed by atoms with Crippen molar-refractivity contribution in [1.82, 2.24) is 0 Å². The van der Waals surface area contributed by atoms with Crippen molar-refractivity contribution in [3.63, 3.8) is 0 Å². The van der Waals surface area contributed by atoms with E-state index in [0.29, 0.717) is 35.7 Å². The van der Waals surface area contributed by atoms with Crippen molar-refractivity contribution in [3.8, 4) is 0 Å². The second-order valence-corrected chi connectivity index (χ2v) is 11.4. The first-order valence-electron chi connectivity index (χ1n) is 12.2. The fourth-order valence-corrected chi connectivity index (χ4v) is 6.70. The van der Waals surface area contributed by atoms with Gasteiger partial charge >= 0.3 is 0 Å². The van der Waals surface area contributed by atoms with Crippen LogP contribution in [0.3, 0.4) is 0 Å². The van der Waals surface area contributed by atoms with E-state index in [4.69, 9.17) is 0 Å². The minimum atomic E-state index is -0.615. The largest absolute Gasteiger partial charge is 0.390 e. The molecule has 0 amide bonds. The zero-order valence-electron chi connectivity index (χ0n) is 19.7. The number of hydrogen-bond acceptors (Lipinski definition) is 3. The molecule has 3 aliphatic rings. The predicted molar refractivity (Wildman–Crippen MR) is 124 cm³/mol. The van der Waals surface area contributed by atoms with Gasteiger partial charge in [0, 0.05) is 0 Å². The zero-order valence-corrected chi connectivity index (χ0v) is 19.7. The maximum atomic E-state index is 10.1. The summed E-state index contributed by atoms with van der Waals surface area (Å²) < 4.78 is 0. The van der Waals surface area contributed by atoms with Crippen LogP contribution in [-0.4, -0.2) is 33.1 Å². The van der Waals surface area contributed by atoms with Crippen LogP contribution in [0.4, 0.5) is 0 Å². The van der Waals surface area contributed by atoms with Crippen LogP contribution in [0.15, 0.2) is 35.5 Å². The molecule has 0 radical (unpaired) electrons. The Bertz CT molecular complexity index is 667. The number of hydrogen-bond donors (Lipinski definition) is 3. The van der Waals surface area contributed by atoms with E-state index in [1.807, 2.05) is 13.8 Å². The highest BCUT2D eigenvalue weighted by atomic mass is 16.3. The molecule has 3 fully saturated rings. The van der Waals surface area contributed by atoms with Gasteiger partial charge < -0.3 is 15.3 Å². The van der Waals surface area contributed by atoms with Crippen LogP contribution in [0.1, 0.15) is 91.9 Å². The Hall–Kier alpha value is -0.900. The van der Waals surface area contributed by atoms with Crippen LogP contribution in [0.5, 0.6) is 0 Å². The van der Waals surface area contributed by atoms with Gasteiger partial charge in [-0.2, -0.15) is 0 Å². The number of rotatable bonds is 6. The van der Waals surface area contributed by atoms with Crippen molar-refractivity contribution in [1.29, 1.82) is 0 Å². The van der Waals surface area contributed by atoms with Gasteiger partial charge in [0.2, 0.25) is 0 Å². The lowest BCUT2D eigenvalue weighted by Gasteiger charge is -2.44. The summed E-state index contributed by atoms with van der Waals surface area (Å²) in [6, 6.07) is 0. The van der Waals surface area contributed by atoms with Gasteiger partial charge in [-0.1, -0.05) is 56.6 Å². The summed E-state index contributed by atoms with van der Waals surface area (Å²) in [6.07, 6.45) is 14.0. The standard InChI is InChI=1S/C27H44O3/c1-18(8-6-14-26(3,4)30)22-12-13-23-21(9-7-15-27(22,23)5)11-10-20-16-24(28)19(2)25(29)17-20/h10-11,18,22-25,28-30H,2,6-9,12-17H2,1,3-5H3/b20-10-,21-11+/t18-,22-,23?,24-,25?,27-/m1/s1. The van der Waals surface area contributed by atoms with Crippen LogP contribution < -0.4 is 0 Å². The van der Waals surface area contributed by atoms with Crippen molar-refractivity contribution < 1.29 is 15.3 Å². The highest BCUT2D eigenvalue weighted by molar-refractivity contribution is 5.29. The smallest absolute Gasteiger partial charge is 0.0809 e. The van der Waals surface area contributed by atoms with Crippen LogP contribution in [-0.2, 0) is 0 Å². The Kier molecular flexibility index (Phi) is 7.37. The molecule has 2 unspecified atom stereocenters. The van der Waals surface area contributed by atoms with E-state index in [2.05, 4.69) is 32.6 Å². The van der Waals surface area contributed by atoms with Crippen molar-refractivity contribution in [2.24, 2.45) is 23.2 Å². The van der Waals surface area contributed by atoms with Crippen LogP contribution in [0.25, 0.3) is 0 Å². The van der Waals surface area contributed by atoms with Gasteiger partial charge in [-0.25, -0.2) is 0 Å². The molecule has 0 bridgehead atoms. The molecule has 0 aromatic carbocycles. The third-order valence-corrected chi connectivity index (χ3v) is 8.47. The molecule has 0 saturated heterocycles. The van der Waals surface area contributed by atoms with Gasteiger partial charge in [-0.3, -0.25) is 0 Å². The summed E-state index contributed by atoms with van der Waals surface area (Å²) in [7, 11) is 0. The van der Waals surface area contributed by atoms with Crippen molar-refractivity contribution in [2.45, 2.75) is 110 Å². The lowest BCUT2D eigenvalue weighted by atomic mass is 9.60. The molecule has 170 valence electrons. The molecule has 3 aliphatic carbocycles. The highest BCUT2D eigenvalue weighted by Crippen LogP contribution is 2.60. The molecular formula is C27H44O3. The van der Waals surface area contributed by atoms with E-state index < -0.39 is 17.8 Å². The lowest BCUT2D eigenvalue weighted by molar-refractivity contribution is 0.0596. The zero-order chi connectivity index (χ0) is 22.1. The van der Waals surface area contributed by atoms with Gasteiger partial charge in [-0.15, -0.1) is 0 Å². The van der Waals surface area contributed by atoms with Crippen LogP contribution >= 0.6 is 0 Å². The summed E-state index contributed by atoms with van der Waals surface area (Å²) in [5, 5.41) is 30.3.